The number of carboxylic acid groups (broad SMARTS) is 1. The van der Waals surface area contributed by atoms with E-state index >= 15 is 0 Å². The molecule has 0 saturated heterocycles. The van der Waals surface area contributed by atoms with Gasteiger partial charge in [0.1, 0.15) is 5.82 Å². The highest BCUT2D eigenvalue weighted by atomic mass is 32.1. The fraction of sp³-hybridized carbons (Fsp3) is 0.214. The molecule has 19 heavy (non-hydrogen) atoms. The van der Waals surface area contributed by atoms with E-state index in [2.05, 4.69) is 18.3 Å². The minimum absolute atomic E-state index is 0.309. The van der Waals surface area contributed by atoms with Crippen LogP contribution in [-0.4, -0.2) is 11.1 Å². The summed E-state index contributed by atoms with van der Waals surface area (Å²) < 4.78 is 13.5. The second kappa shape index (κ2) is 5.84. The van der Waals surface area contributed by atoms with Gasteiger partial charge in [-0.05, 0) is 41.6 Å². The molecular weight excluding hydrogens is 265 g/mol. The maximum absolute atomic E-state index is 13.5. The van der Waals surface area contributed by atoms with Crippen LogP contribution < -0.4 is 5.32 Å². The Morgan fingerprint density at radius 2 is 2.21 bits per heavy atom. The summed E-state index contributed by atoms with van der Waals surface area (Å²) in [6.07, 6.45) is 0.965. The van der Waals surface area contributed by atoms with Gasteiger partial charge in [0.2, 0.25) is 0 Å². The number of anilines is 1. The van der Waals surface area contributed by atoms with Crippen LogP contribution >= 0.6 is 11.3 Å². The third-order valence-electron chi connectivity index (χ3n) is 2.87. The van der Waals surface area contributed by atoms with Gasteiger partial charge in [0.15, 0.2) is 0 Å². The van der Waals surface area contributed by atoms with Crippen LogP contribution in [0.5, 0.6) is 0 Å². The van der Waals surface area contributed by atoms with Crippen molar-refractivity contribution in [1.29, 1.82) is 0 Å². The molecule has 0 aliphatic rings. The van der Waals surface area contributed by atoms with E-state index in [4.69, 9.17) is 5.11 Å². The number of carbonyl (C=O) groups is 1. The van der Waals surface area contributed by atoms with Crippen molar-refractivity contribution in [3.63, 3.8) is 0 Å². The Morgan fingerprint density at radius 3 is 2.84 bits per heavy atom. The lowest BCUT2D eigenvalue weighted by Crippen LogP contribution is -2.03. The zero-order valence-corrected chi connectivity index (χ0v) is 11.3. The average molecular weight is 279 g/mol. The van der Waals surface area contributed by atoms with Gasteiger partial charge in [-0.3, -0.25) is 0 Å². The van der Waals surface area contributed by atoms with E-state index < -0.39 is 11.8 Å². The zero-order valence-electron chi connectivity index (χ0n) is 10.4. The molecule has 0 saturated carbocycles. The smallest absolute Gasteiger partial charge is 0.338 e. The number of aryl methyl sites for hydroxylation is 1. The summed E-state index contributed by atoms with van der Waals surface area (Å²) in [5.41, 5.74) is 1.55. The average Bonchev–Trinajstić information content (AvgIpc) is 2.83. The molecule has 0 spiro atoms. The summed E-state index contributed by atoms with van der Waals surface area (Å²) in [6, 6.07) is 6.14. The van der Waals surface area contributed by atoms with Crippen molar-refractivity contribution in [3.8, 4) is 0 Å². The van der Waals surface area contributed by atoms with E-state index in [1.54, 1.807) is 17.4 Å². The third-order valence-corrected chi connectivity index (χ3v) is 3.83. The van der Waals surface area contributed by atoms with Gasteiger partial charge >= 0.3 is 5.97 Å². The lowest BCUT2D eigenvalue weighted by Gasteiger charge is -2.07. The van der Waals surface area contributed by atoms with Crippen molar-refractivity contribution in [3.05, 3.63) is 51.5 Å². The highest BCUT2D eigenvalue weighted by Crippen LogP contribution is 2.20. The molecule has 0 aliphatic heterocycles. The number of benzene rings is 1. The number of hydrogen-bond acceptors (Lipinski definition) is 3. The van der Waals surface area contributed by atoms with Crippen molar-refractivity contribution in [2.75, 3.05) is 5.32 Å². The number of halogens is 1. The third kappa shape index (κ3) is 3.12. The molecule has 2 N–H and O–H groups in total. The molecular formula is C14H14FNO2S. The molecule has 0 fully saturated rings. The first kappa shape index (κ1) is 13.5. The first-order chi connectivity index (χ1) is 9.11. The molecule has 1 aromatic carbocycles. The van der Waals surface area contributed by atoms with Crippen LogP contribution in [0.3, 0.4) is 0 Å². The van der Waals surface area contributed by atoms with Crippen molar-refractivity contribution in [2.45, 2.75) is 19.9 Å². The monoisotopic (exact) mass is 279 g/mol. The number of aromatic carboxylic acids is 1. The molecule has 0 amide bonds. The fourth-order valence-corrected chi connectivity index (χ4v) is 2.73. The zero-order chi connectivity index (χ0) is 13.8. The normalized spacial score (nSPS) is 10.4. The standard InChI is InChI=1S/C14H14FNO2S/c1-2-9-5-6-19-13(9)8-16-10-3-4-11(14(17)18)12(15)7-10/h3-7,16H,2,8H2,1H3,(H,17,18). The molecule has 2 aromatic rings. The van der Waals surface area contributed by atoms with Gasteiger partial charge in [0.05, 0.1) is 5.56 Å². The minimum Gasteiger partial charge on any atom is -0.478 e. The molecule has 0 unspecified atom stereocenters. The van der Waals surface area contributed by atoms with Gasteiger partial charge in [-0.1, -0.05) is 6.92 Å². The number of carboxylic acids is 1. The van der Waals surface area contributed by atoms with Crippen LogP contribution in [0.15, 0.2) is 29.6 Å². The van der Waals surface area contributed by atoms with E-state index in [0.29, 0.717) is 12.2 Å². The van der Waals surface area contributed by atoms with Gasteiger partial charge < -0.3 is 10.4 Å². The summed E-state index contributed by atoms with van der Waals surface area (Å²) in [7, 11) is 0. The number of thiophene rings is 1. The molecule has 100 valence electrons. The molecule has 1 aromatic heterocycles. The maximum Gasteiger partial charge on any atom is 0.338 e. The SMILES string of the molecule is CCc1ccsc1CNc1ccc(C(=O)O)c(F)c1. The lowest BCUT2D eigenvalue weighted by atomic mass is 10.2. The highest BCUT2D eigenvalue weighted by molar-refractivity contribution is 7.10. The van der Waals surface area contributed by atoms with Gasteiger partial charge in [0.25, 0.3) is 0 Å². The van der Waals surface area contributed by atoms with Crippen molar-refractivity contribution >= 4 is 23.0 Å². The Morgan fingerprint density at radius 1 is 1.42 bits per heavy atom. The first-order valence-corrected chi connectivity index (χ1v) is 6.81. The fourth-order valence-electron chi connectivity index (χ4n) is 1.82. The van der Waals surface area contributed by atoms with E-state index in [1.807, 2.05) is 5.38 Å². The van der Waals surface area contributed by atoms with Crippen LogP contribution in [-0.2, 0) is 13.0 Å². The summed E-state index contributed by atoms with van der Waals surface area (Å²) >= 11 is 1.66. The van der Waals surface area contributed by atoms with Crippen molar-refractivity contribution in [2.24, 2.45) is 0 Å². The van der Waals surface area contributed by atoms with Crippen LogP contribution in [0.4, 0.5) is 10.1 Å². The Bertz CT molecular complexity index is 595. The summed E-state index contributed by atoms with van der Waals surface area (Å²) in [6.45, 7) is 2.71. The van der Waals surface area contributed by atoms with Gasteiger partial charge in [-0.25, -0.2) is 9.18 Å². The van der Waals surface area contributed by atoms with Crippen LogP contribution in [0.2, 0.25) is 0 Å². The summed E-state index contributed by atoms with van der Waals surface area (Å²) in [4.78, 5) is 11.9. The van der Waals surface area contributed by atoms with Crippen LogP contribution in [0, 0.1) is 5.82 Å². The molecule has 1 heterocycles. The van der Waals surface area contributed by atoms with Crippen molar-refractivity contribution < 1.29 is 14.3 Å². The van der Waals surface area contributed by atoms with Gasteiger partial charge in [-0.2, -0.15) is 0 Å². The van der Waals surface area contributed by atoms with Gasteiger partial charge in [-0.15, -0.1) is 11.3 Å². The summed E-state index contributed by atoms with van der Waals surface area (Å²) in [5.74, 6) is -1.98. The van der Waals surface area contributed by atoms with Crippen LogP contribution in [0.1, 0.15) is 27.7 Å². The molecule has 3 nitrogen and oxygen atoms in total. The Labute approximate surface area is 114 Å². The Balaban J connectivity index is 2.08. The first-order valence-electron chi connectivity index (χ1n) is 5.93. The predicted octanol–water partition coefficient (Wildman–Crippen LogP) is 3.76. The summed E-state index contributed by atoms with van der Waals surface area (Å²) in [5, 5.41) is 13.9. The second-order valence-electron chi connectivity index (χ2n) is 4.08. The number of hydrogen-bond donors (Lipinski definition) is 2. The Hall–Kier alpha value is -1.88. The van der Waals surface area contributed by atoms with E-state index in [-0.39, 0.29) is 5.56 Å². The quantitative estimate of drug-likeness (QED) is 0.876. The maximum atomic E-state index is 13.5. The van der Waals surface area contributed by atoms with E-state index in [0.717, 1.165) is 6.42 Å². The van der Waals surface area contributed by atoms with Gasteiger partial charge in [0, 0.05) is 17.1 Å². The molecule has 2 rings (SSSR count). The Kier molecular flexibility index (Phi) is 4.16. The molecule has 5 heteroatoms. The number of nitrogens with one attached hydrogen (secondary N) is 1. The minimum atomic E-state index is -1.25. The second-order valence-corrected chi connectivity index (χ2v) is 5.08. The van der Waals surface area contributed by atoms with E-state index in [1.165, 1.54) is 22.6 Å². The lowest BCUT2D eigenvalue weighted by molar-refractivity contribution is 0.0692. The largest absolute Gasteiger partial charge is 0.478 e. The topological polar surface area (TPSA) is 49.3 Å². The van der Waals surface area contributed by atoms with Crippen molar-refractivity contribution in [1.82, 2.24) is 0 Å². The molecule has 0 aliphatic carbocycles. The van der Waals surface area contributed by atoms with Crippen LogP contribution in [0.25, 0.3) is 0 Å². The molecule has 0 radical (unpaired) electrons. The van der Waals surface area contributed by atoms with E-state index in [9.17, 15) is 9.18 Å². The molecule has 0 bridgehead atoms. The molecule has 0 atom stereocenters. The number of rotatable bonds is 5. The predicted molar refractivity (Wildman–Crippen MR) is 74.4 cm³/mol. The highest BCUT2D eigenvalue weighted by Gasteiger charge is 2.10.